The average Bonchev–Trinajstić information content (AvgIpc) is 3.09. The molecule has 26 heavy (non-hydrogen) atoms. The molecule has 1 N–H and O–H groups in total. The number of amides is 1. The van der Waals surface area contributed by atoms with Gasteiger partial charge < -0.3 is 10.1 Å². The molecule has 1 heterocycles. The maximum atomic E-state index is 12.3. The fourth-order valence-corrected chi connectivity index (χ4v) is 3.67. The van der Waals surface area contributed by atoms with E-state index in [9.17, 15) is 9.59 Å². The number of nitrogens with one attached hydrogen (secondary N) is 1. The van der Waals surface area contributed by atoms with Gasteiger partial charge in [-0.25, -0.2) is 9.78 Å². The van der Waals surface area contributed by atoms with Crippen molar-refractivity contribution in [3.8, 4) is 0 Å². The highest BCUT2D eigenvalue weighted by Gasteiger charge is 2.22. The third-order valence-corrected chi connectivity index (χ3v) is 5.10. The van der Waals surface area contributed by atoms with Gasteiger partial charge in [-0.2, -0.15) is 0 Å². The smallest absolute Gasteiger partial charge is 0.328 e. The molecule has 3 aromatic rings. The molecule has 3 rings (SSSR count). The molecule has 0 saturated carbocycles. The van der Waals surface area contributed by atoms with E-state index in [1.54, 1.807) is 11.3 Å². The first kappa shape index (κ1) is 18.1. The van der Waals surface area contributed by atoms with Crippen molar-refractivity contribution >= 4 is 33.4 Å². The number of nitrogens with zero attached hydrogens (tertiary/aromatic N) is 1. The lowest BCUT2D eigenvalue weighted by atomic mass is 10.1. The normalized spacial score (nSPS) is 11.9. The minimum atomic E-state index is -0.690. The number of methoxy groups -OCH3 is 1. The predicted molar refractivity (Wildman–Crippen MR) is 102 cm³/mol. The van der Waals surface area contributed by atoms with Crippen LogP contribution >= 0.6 is 11.3 Å². The summed E-state index contributed by atoms with van der Waals surface area (Å²) >= 11 is 1.59. The minimum absolute atomic E-state index is 0.185. The highest BCUT2D eigenvalue weighted by atomic mass is 32.1. The standard InChI is InChI=1S/C20H20N2O3S/c1-25-20(24)16(13-14-7-3-2-4-8-14)21-18(23)11-12-19-22-15-9-5-6-10-17(15)26-19/h2-10,16H,11-13H2,1H3,(H,21,23)/t16-/m0/s1. The first-order valence-corrected chi connectivity index (χ1v) is 9.23. The first-order chi connectivity index (χ1) is 12.7. The summed E-state index contributed by atoms with van der Waals surface area (Å²) in [5, 5.41) is 3.70. The van der Waals surface area contributed by atoms with Crippen molar-refractivity contribution in [1.82, 2.24) is 10.3 Å². The summed E-state index contributed by atoms with van der Waals surface area (Å²) in [6, 6.07) is 16.8. The second-order valence-corrected chi connectivity index (χ2v) is 7.02. The Morgan fingerprint density at radius 1 is 1.12 bits per heavy atom. The first-order valence-electron chi connectivity index (χ1n) is 8.41. The van der Waals surface area contributed by atoms with Gasteiger partial charge in [-0.1, -0.05) is 42.5 Å². The van der Waals surface area contributed by atoms with Crippen LogP contribution < -0.4 is 5.32 Å². The second-order valence-electron chi connectivity index (χ2n) is 5.91. The number of aromatic nitrogens is 1. The highest BCUT2D eigenvalue weighted by molar-refractivity contribution is 7.18. The second kappa shape index (κ2) is 8.58. The molecule has 1 aromatic heterocycles. The van der Waals surface area contributed by atoms with E-state index in [0.29, 0.717) is 12.8 Å². The molecular formula is C20H20N2O3S. The van der Waals surface area contributed by atoms with Crippen LogP contribution in [0.2, 0.25) is 0 Å². The summed E-state index contributed by atoms with van der Waals surface area (Å²) in [5.41, 5.74) is 1.92. The number of carbonyl (C=O) groups excluding carboxylic acids is 2. The maximum Gasteiger partial charge on any atom is 0.328 e. The van der Waals surface area contributed by atoms with Crippen LogP contribution in [0.3, 0.4) is 0 Å². The third-order valence-electron chi connectivity index (χ3n) is 4.01. The van der Waals surface area contributed by atoms with E-state index in [1.807, 2.05) is 54.6 Å². The molecule has 134 valence electrons. The van der Waals surface area contributed by atoms with Crippen molar-refractivity contribution in [2.24, 2.45) is 0 Å². The van der Waals surface area contributed by atoms with Crippen molar-refractivity contribution in [3.63, 3.8) is 0 Å². The molecule has 6 heteroatoms. The minimum Gasteiger partial charge on any atom is -0.467 e. The number of ether oxygens (including phenoxy) is 1. The lowest BCUT2D eigenvalue weighted by Crippen LogP contribution is -2.43. The van der Waals surface area contributed by atoms with Crippen LogP contribution in [0.25, 0.3) is 10.2 Å². The largest absolute Gasteiger partial charge is 0.467 e. The van der Waals surface area contributed by atoms with Gasteiger partial charge in [0.1, 0.15) is 6.04 Å². The molecule has 5 nitrogen and oxygen atoms in total. The van der Waals surface area contributed by atoms with Crippen LogP contribution in [-0.4, -0.2) is 30.0 Å². The van der Waals surface area contributed by atoms with Crippen molar-refractivity contribution in [2.75, 3.05) is 7.11 Å². The van der Waals surface area contributed by atoms with Gasteiger partial charge >= 0.3 is 5.97 Å². The van der Waals surface area contributed by atoms with E-state index in [2.05, 4.69) is 10.3 Å². The van der Waals surface area contributed by atoms with Crippen LogP contribution in [0.15, 0.2) is 54.6 Å². The maximum absolute atomic E-state index is 12.3. The van der Waals surface area contributed by atoms with Crippen LogP contribution in [0.5, 0.6) is 0 Å². The monoisotopic (exact) mass is 368 g/mol. The zero-order valence-electron chi connectivity index (χ0n) is 14.5. The molecule has 0 saturated heterocycles. The Bertz CT molecular complexity index is 859. The van der Waals surface area contributed by atoms with E-state index in [4.69, 9.17) is 4.74 Å². The van der Waals surface area contributed by atoms with Gasteiger partial charge in [0.25, 0.3) is 0 Å². The van der Waals surface area contributed by atoms with Crippen LogP contribution in [0.1, 0.15) is 17.0 Å². The number of benzene rings is 2. The van der Waals surface area contributed by atoms with E-state index in [-0.39, 0.29) is 12.3 Å². The van der Waals surface area contributed by atoms with E-state index in [1.165, 1.54) is 7.11 Å². The number of para-hydroxylation sites is 1. The summed E-state index contributed by atoms with van der Waals surface area (Å²) in [6.45, 7) is 0. The van der Waals surface area contributed by atoms with Crippen LogP contribution in [0, 0.1) is 0 Å². The number of aryl methyl sites for hydroxylation is 1. The molecule has 0 spiro atoms. The van der Waals surface area contributed by atoms with E-state index < -0.39 is 12.0 Å². The molecular weight excluding hydrogens is 348 g/mol. The van der Waals surface area contributed by atoms with Crippen molar-refractivity contribution < 1.29 is 14.3 Å². The third kappa shape index (κ3) is 4.67. The van der Waals surface area contributed by atoms with Gasteiger partial charge in [0.05, 0.1) is 22.3 Å². The Morgan fingerprint density at radius 3 is 2.58 bits per heavy atom. The number of hydrogen-bond acceptors (Lipinski definition) is 5. The molecule has 2 aromatic carbocycles. The predicted octanol–water partition coefficient (Wildman–Crippen LogP) is 3.13. The Hall–Kier alpha value is -2.73. The zero-order chi connectivity index (χ0) is 18.4. The van der Waals surface area contributed by atoms with E-state index in [0.717, 1.165) is 20.8 Å². The highest BCUT2D eigenvalue weighted by Crippen LogP contribution is 2.22. The van der Waals surface area contributed by atoms with Gasteiger partial charge in [0.2, 0.25) is 5.91 Å². The lowest BCUT2D eigenvalue weighted by Gasteiger charge is -2.16. The van der Waals surface area contributed by atoms with Gasteiger partial charge in [-0.15, -0.1) is 11.3 Å². The van der Waals surface area contributed by atoms with Gasteiger partial charge in [-0.05, 0) is 17.7 Å². The lowest BCUT2D eigenvalue weighted by molar-refractivity contribution is -0.145. The number of fused-ring (bicyclic) bond motifs is 1. The van der Waals surface area contributed by atoms with E-state index >= 15 is 0 Å². The quantitative estimate of drug-likeness (QED) is 0.651. The molecule has 0 radical (unpaired) electrons. The van der Waals surface area contributed by atoms with Crippen LogP contribution in [0.4, 0.5) is 0 Å². The number of hydrogen-bond donors (Lipinski definition) is 1. The topological polar surface area (TPSA) is 68.3 Å². The van der Waals surface area contributed by atoms with Crippen molar-refractivity contribution in [3.05, 3.63) is 65.2 Å². The molecule has 0 aliphatic carbocycles. The number of carbonyl (C=O) groups is 2. The van der Waals surface area contributed by atoms with Crippen molar-refractivity contribution in [2.45, 2.75) is 25.3 Å². The molecule has 0 bridgehead atoms. The molecule has 0 aliphatic rings. The Morgan fingerprint density at radius 2 is 1.85 bits per heavy atom. The Balaban J connectivity index is 1.59. The number of thiazole rings is 1. The SMILES string of the molecule is COC(=O)[C@H](Cc1ccccc1)NC(=O)CCc1nc2ccccc2s1. The molecule has 0 unspecified atom stereocenters. The van der Waals surface area contributed by atoms with Gasteiger partial charge in [-0.3, -0.25) is 4.79 Å². The van der Waals surface area contributed by atoms with Gasteiger partial charge in [0, 0.05) is 19.3 Å². The Kier molecular flexibility index (Phi) is 5.96. The summed E-state index contributed by atoms with van der Waals surface area (Å²) in [6.07, 6.45) is 1.23. The molecule has 1 atom stereocenters. The fraction of sp³-hybridized carbons (Fsp3) is 0.250. The molecule has 0 fully saturated rings. The summed E-state index contributed by atoms with van der Waals surface area (Å²) in [5.74, 6) is -0.627. The number of esters is 1. The van der Waals surface area contributed by atoms with Crippen LogP contribution in [-0.2, 0) is 27.2 Å². The summed E-state index contributed by atoms with van der Waals surface area (Å²) in [7, 11) is 1.33. The molecule has 0 aliphatic heterocycles. The Labute approximate surface area is 156 Å². The number of rotatable bonds is 7. The van der Waals surface area contributed by atoms with Crippen molar-refractivity contribution in [1.29, 1.82) is 0 Å². The molecule has 1 amide bonds. The fourth-order valence-electron chi connectivity index (χ4n) is 2.70. The average molecular weight is 368 g/mol. The zero-order valence-corrected chi connectivity index (χ0v) is 15.3. The summed E-state index contributed by atoms with van der Waals surface area (Å²) in [4.78, 5) is 28.8. The van der Waals surface area contributed by atoms with Gasteiger partial charge in [0.15, 0.2) is 0 Å². The summed E-state index contributed by atoms with van der Waals surface area (Å²) < 4.78 is 5.93.